The molecule has 0 radical (unpaired) electrons. The van der Waals surface area contributed by atoms with E-state index in [1.807, 2.05) is 0 Å². The SMILES string of the molecule is O=C(C=Cc1cc(Cl)cs1)c1cccc(O)c1. The third-order valence-corrected chi connectivity index (χ3v) is 3.36. The maximum absolute atomic E-state index is 11.8. The van der Waals surface area contributed by atoms with Gasteiger partial charge in [0.25, 0.3) is 0 Å². The zero-order chi connectivity index (χ0) is 12.3. The molecule has 1 heterocycles. The second-order valence-corrected chi connectivity index (χ2v) is 4.79. The van der Waals surface area contributed by atoms with E-state index in [2.05, 4.69) is 0 Å². The first kappa shape index (κ1) is 11.9. The first-order chi connectivity index (χ1) is 8.15. The minimum Gasteiger partial charge on any atom is -0.508 e. The van der Waals surface area contributed by atoms with Crippen molar-refractivity contribution in [3.63, 3.8) is 0 Å². The van der Waals surface area contributed by atoms with Crippen molar-refractivity contribution in [3.8, 4) is 5.75 Å². The largest absolute Gasteiger partial charge is 0.508 e. The number of hydrogen-bond donors (Lipinski definition) is 1. The Labute approximate surface area is 108 Å². The van der Waals surface area contributed by atoms with E-state index in [9.17, 15) is 9.90 Å². The molecule has 2 rings (SSSR count). The number of benzene rings is 1. The summed E-state index contributed by atoms with van der Waals surface area (Å²) >= 11 is 7.24. The number of hydrogen-bond acceptors (Lipinski definition) is 3. The van der Waals surface area contributed by atoms with E-state index in [4.69, 9.17) is 11.6 Å². The molecule has 1 aromatic heterocycles. The summed E-state index contributed by atoms with van der Waals surface area (Å²) in [4.78, 5) is 12.7. The Morgan fingerprint density at radius 3 is 2.82 bits per heavy atom. The van der Waals surface area contributed by atoms with E-state index in [0.29, 0.717) is 10.6 Å². The third kappa shape index (κ3) is 3.19. The topological polar surface area (TPSA) is 37.3 Å². The lowest BCUT2D eigenvalue weighted by atomic mass is 10.1. The molecule has 0 unspecified atom stereocenters. The van der Waals surface area contributed by atoms with Crippen LogP contribution in [0.15, 0.2) is 41.8 Å². The van der Waals surface area contributed by atoms with Gasteiger partial charge in [0.05, 0.1) is 5.02 Å². The Kier molecular flexibility index (Phi) is 3.61. The van der Waals surface area contributed by atoms with Crippen LogP contribution in [-0.2, 0) is 0 Å². The molecule has 0 atom stereocenters. The van der Waals surface area contributed by atoms with Gasteiger partial charge in [-0.2, -0.15) is 0 Å². The van der Waals surface area contributed by atoms with E-state index in [0.717, 1.165) is 4.88 Å². The zero-order valence-electron chi connectivity index (χ0n) is 8.76. The lowest BCUT2D eigenvalue weighted by Gasteiger charge is -1.96. The van der Waals surface area contributed by atoms with Crippen LogP contribution in [0.5, 0.6) is 5.75 Å². The molecule has 17 heavy (non-hydrogen) atoms. The molecule has 0 aliphatic heterocycles. The summed E-state index contributed by atoms with van der Waals surface area (Å²) < 4.78 is 0. The van der Waals surface area contributed by atoms with E-state index in [-0.39, 0.29) is 11.5 Å². The number of carbonyl (C=O) groups is 1. The first-order valence-electron chi connectivity index (χ1n) is 4.90. The van der Waals surface area contributed by atoms with E-state index in [1.165, 1.54) is 29.5 Å². The molecule has 0 aliphatic carbocycles. The molecule has 1 N–H and O–H groups in total. The molecule has 0 bridgehead atoms. The summed E-state index contributed by atoms with van der Waals surface area (Å²) in [5.41, 5.74) is 0.462. The van der Waals surface area contributed by atoms with E-state index < -0.39 is 0 Å². The molecule has 4 heteroatoms. The lowest BCUT2D eigenvalue weighted by Crippen LogP contribution is -1.92. The fourth-order valence-corrected chi connectivity index (χ4v) is 2.30. The number of ketones is 1. The van der Waals surface area contributed by atoms with Gasteiger partial charge in [-0.05, 0) is 30.4 Å². The monoisotopic (exact) mass is 264 g/mol. The van der Waals surface area contributed by atoms with Crippen LogP contribution < -0.4 is 0 Å². The van der Waals surface area contributed by atoms with Gasteiger partial charge in [0.2, 0.25) is 0 Å². The molecular formula is C13H9ClO2S. The highest BCUT2D eigenvalue weighted by Crippen LogP contribution is 2.20. The van der Waals surface area contributed by atoms with Crippen LogP contribution >= 0.6 is 22.9 Å². The molecule has 0 amide bonds. The van der Waals surface area contributed by atoms with Gasteiger partial charge in [-0.25, -0.2) is 0 Å². The van der Waals surface area contributed by atoms with Gasteiger partial charge < -0.3 is 5.11 Å². The Morgan fingerprint density at radius 1 is 1.35 bits per heavy atom. The predicted octanol–water partition coefficient (Wildman–Crippen LogP) is 4.00. The van der Waals surface area contributed by atoms with Gasteiger partial charge in [0.15, 0.2) is 5.78 Å². The average Bonchev–Trinajstić information content (AvgIpc) is 2.72. The number of aromatic hydroxyl groups is 1. The van der Waals surface area contributed by atoms with Crippen molar-refractivity contribution in [1.29, 1.82) is 0 Å². The number of phenols is 1. The molecule has 0 aliphatic rings. The van der Waals surface area contributed by atoms with Gasteiger partial charge in [-0.1, -0.05) is 23.7 Å². The number of allylic oxidation sites excluding steroid dienone is 1. The van der Waals surface area contributed by atoms with Crippen molar-refractivity contribution in [2.24, 2.45) is 0 Å². The maximum atomic E-state index is 11.8. The smallest absolute Gasteiger partial charge is 0.186 e. The first-order valence-corrected chi connectivity index (χ1v) is 6.16. The molecule has 0 spiro atoms. The molecule has 2 aromatic rings. The highest BCUT2D eigenvalue weighted by molar-refractivity contribution is 7.11. The van der Waals surface area contributed by atoms with Crippen molar-refractivity contribution < 1.29 is 9.90 Å². The fourth-order valence-electron chi connectivity index (χ4n) is 1.33. The normalized spacial score (nSPS) is 10.9. The van der Waals surface area contributed by atoms with Crippen molar-refractivity contribution >= 4 is 34.8 Å². The second kappa shape index (κ2) is 5.17. The summed E-state index contributed by atoms with van der Waals surface area (Å²) in [6.45, 7) is 0. The lowest BCUT2D eigenvalue weighted by molar-refractivity contribution is 0.104. The van der Waals surface area contributed by atoms with Crippen LogP contribution in [-0.4, -0.2) is 10.9 Å². The fraction of sp³-hybridized carbons (Fsp3) is 0. The summed E-state index contributed by atoms with van der Waals surface area (Å²) in [6, 6.07) is 8.05. The molecule has 2 nitrogen and oxygen atoms in total. The van der Waals surface area contributed by atoms with Gasteiger partial charge >= 0.3 is 0 Å². The number of rotatable bonds is 3. The zero-order valence-corrected chi connectivity index (χ0v) is 10.3. The van der Waals surface area contributed by atoms with Crippen LogP contribution in [0.1, 0.15) is 15.2 Å². The molecule has 0 fully saturated rings. The van der Waals surface area contributed by atoms with Crippen molar-refractivity contribution in [2.45, 2.75) is 0 Å². The molecule has 0 saturated carbocycles. The third-order valence-electron chi connectivity index (χ3n) is 2.12. The Balaban J connectivity index is 2.14. The van der Waals surface area contributed by atoms with Crippen molar-refractivity contribution in [1.82, 2.24) is 0 Å². The highest BCUT2D eigenvalue weighted by atomic mass is 35.5. The number of halogens is 1. The second-order valence-electron chi connectivity index (χ2n) is 3.42. The van der Waals surface area contributed by atoms with Gasteiger partial charge in [0.1, 0.15) is 5.75 Å². The number of phenolic OH excluding ortho intramolecular Hbond substituents is 1. The minimum atomic E-state index is -0.148. The van der Waals surface area contributed by atoms with Crippen molar-refractivity contribution in [2.75, 3.05) is 0 Å². The standard InChI is InChI=1S/C13H9ClO2S/c14-10-7-12(17-8-10)4-5-13(16)9-2-1-3-11(15)6-9/h1-8,15H. The van der Waals surface area contributed by atoms with Gasteiger partial charge in [-0.3, -0.25) is 4.79 Å². The van der Waals surface area contributed by atoms with E-state index in [1.54, 1.807) is 29.7 Å². The summed E-state index contributed by atoms with van der Waals surface area (Å²) in [7, 11) is 0. The molecule has 0 saturated heterocycles. The predicted molar refractivity (Wildman–Crippen MR) is 70.8 cm³/mol. The van der Waals surface area contributed by atoms with Crippen molar-refractivity contribution in [3.05, 3.63) is 57.3 Å². The molecule has 86 valence electrons. The molecule has 1 aromatic carbocycles. The summed E-state index contributed by atoms with van der Waals surface area (Å²) in [6.07, 6.45) is 3.18. The van der Waals surface area contributed by atoms with Crippen LogP contribution in [0.2, 0.25) is 5.02 Å². The minimum absolute atomic E-state index is 0.0865. The Bertz CT molecular complexity index is 572. The van der Waals surface area contributed by atoms with Gasteiger partial charge in [-0.15, -0.1) is 11.3 Å². The number of carbonyl (C=O) groups excluding carboxylic acids is 1. The van der Waals surface area contributed by atoms with E-state index >= 15 is 0 Å². The summed E-state index contributed by atoms with van der Waals surface area (Å²) in [5, 5.41) is 11.7. The van der Waals surface area contributed by atoms with Crippen LogP contribution in [0.4, 0.5) is 0 Å². The van der Waals surface area contributed by atoms with Crippen LogP contribution in [0.3, 0.4) is 0 Å². The number of thiophene rings is 1. The highest BCUT2D eigenvalue weighted by Gasteiger charge is 2.02. The quantitative estimate of drug-likeness (QED) is 0.672. The Hall–Kier alpha value is -1.58. The maximum Gasteiger partial charge on any atom is 0.186 e. The average molecular weight is 265 g/mol. The summed E-state index contributed by atoms with van der Waals surface area (Å²) in [5.74, 6) is -0.0613. The van der Waals surface area contributed by atoms with Crippen LogP contribution in [0, 0.1) is 0 Å². The van der Waals surface area contributed by atoms with Crippen LogP contribution in [0.25, 0.3) is 6.08 Å². The molecular weight excluding hydrogens is 256 g/mol. The van der Waals surface area contributed by atoms with Gasteiger partial charge in [0, 0.05) is 15.8 Å². The Morgan fingerprint density at radius 2 is 2.18 bits per heavy atom.